The number of carbonyl (C=O) groups is 2. The van der Waals surface area contributed by atoms with E-state index in [-0.39, 0.29) is 23.6 Å². The maximum absolute atomic E-state index is 13.4. The highest BCUT2D eigenvalue weighted by molar-refractivity contribution is 5.88. The Kier molecular flexibility index (Phi) is 3.79. The number of amides is 1. The molecule has 1 saturated carbocycles. The number of benzene rings is 2. The van der Waals surface area contributed by atoms with Gasteiger partial charge in [0.05, 0.1) is 0 Å². The molecule has 1 fully saturated rings. The number of hydrogen-bond donors (Lipinski definition) is 1. The third-order valence-electron chi connectivity index (χ3n) is 5.20. The Hall–Kier alpha value is -2.69. The van der Waals surface area contributed by atoms with Crippen LogP contribution < -0.4 is 0 Å². The summed E-state index contributed by atoms with van der Waals surface area (Å²) in [6.07, 6.45) is 0.974. The first kappa shape index (κ1) is 15.8. The number of carboxylic acid groups (broad SMARTS) is 1. The summed E-state index contributed by atoms with van der Waals surface area (Å²) in [5, 5.41) is 9.56. The van der Waals surface area contributed by atoms with E-state index in [2.05, 4.69) is 0 Å². The van der Waals surface area contributed by atoms with Crippen LogP contribution >= 0.6 is 0 Å². The van der Waals surface area contributed by atoms with E-state index in [0.29, 0.717) is 19.4 Å². The molecule has 1 aliphatic heterocycles. The molecule has 2 aliphatic rings. The van der Waals surface area contributed by atoms with Crippen molar-refractivity contribution < 1.29 is 19.1 Å². The highest BCUT2D eigenvalue weighted by atomic mass is 19.1. The molecular weight excluding hydrogens is 321 g/mol. The molecule has 1 aliphatic carbocycles. The van der Waals surface area contributed by atoms with E-state index >= 15 is 0 Å². The van der Waals surface area contributed by atoms with Crippen molar-refractivity contribution in [3.63, 3.8) is 0 Å². The van der Waals surface area contributed by atoms with Gasteiger partial charge in [-0.25, -0.2) is 9.18 Å². The fourth-order valence-corrected chi connectivity index (χ4v) is 3.76. The van der Waals surface area contributed by atoms with Crippen LogP contribution in [-0.2, 0) is 22.6 Å². The third kappa shape index (κ3) is 2.90. The van der Waals surface area contributed by atoms with Crippen LogP contribution in [0.4, 0.5) is 4.39 Å². The quantitative estimate of drug-likeness (QED) is 0.935. The second-order valence-electron chi connectivity index (χ2n) is 6.80. The zero-order valence-electron chi connectivity index (χ0n) is 13.6. The summed E-state index contributed by atoms with van der Waals surface area (Å²) >= 11 is 0. The van der Waals surface area contributed by atoms with E-state index in [9.17, 15) is 19.1 Å². The minimum Gasteiger partial charge on any atom is -0.480 e. The summed E-state index contributed by atoms with van der Waals surface area (Å²) in [5.74, 6) is -1.71. The molecule has 3 atom stereocenters. The Labute approximate surface area is 144 Å². The van der Waals surface area contributed by atoms with Gasteiger partial charge in [-0.3, -0.25) is 4.79 Å². The number of carbonyl (C=O) groups excluding carboxylic acids is 1. The summed E-state index contributed by atoms with van der Waals surface area (Å²) in [6.45, 7) is 0.318. The smallest absolute Gasteiger partial charge is 0.326 e. The molecule has 0 spiro atoms. The highest BCUT2D eigenvalue weighted by Crippen LogP contribution is 2.49. The largest absolute Gasteiger partial charge is 0.480 e. The van der Waals surface area contributed by atoms with Gasteiger partial charge in [-0.2, -0.15) is 0 Å². The maximum Gasteiger partial charge on any atom is 0.326 e. The van der Waals surface area contributed by atoms with E-state index < -0.39 is 12.0 Å². The standard InChI is InChI=1S/C20H18FNO3/c21-15-7-3-6-13(8-15)16-10-17(16)19(23)22-11-14-5-2-1-4-12(14)9-18(22)20(24)25/h1-8,16-18H,9-11H2,(H,24,25)/t16-,17-,18+/m1/s1. The van der Waals surface area contributed by atoms with E-state index in [1.165, 1.54) is 17.0 Å². The van der Waals surface area contributed by atoms with Crippen molar-refractivity contribution in [1.82, 2.24) is 4.90 Å². The monoisotopic (exact) mass is 339 g/mol. The molecule has 0 bridgehead atoms. The van der Waals surface area contributed by atoms with Gasteiger partial charge >= 0.3 is 5.97 Å². The van der Waals surface area contributed by atoms with Crippen molar-refractivity contribution in [1.29, 1.82) is 0 Å². The second-order valence-corrected chi connectivity index (χ2v) is 6.80. The van der Waals surface area contributed by atoms with Gasteiger partial charge in [-0.15, -0.1) is 0 Å². The van der Waals surface area contributed by atoms with Crippen molar-refractivity contribution in [3.8, 4) is 0 Å². The lowest BCUT2D eigenvalue weighted by atomic mass is 9.93. The number of halogens is 1. The Balaban J connectivity index is 1.56. The number of rotatable bonds is 3. The molecule has 0 saturated heterocycles. The Morgan fingerprint density at radius 2 is 1.84 bits per heavy atom. The van der Waals surface area contributed by atoms with E-state index in [4.69, 9.17) is 0 Å². The third-order valence-corrected chi connectivity index (χ3v) is 5.20. The van der Waals surface area contributed by atoms with Gasteiger partial charge < -0.3 is 10.0 Å². The van der Waals surface area contributed by atoms with Gasteiger partial charge in [0.15, 0.2) is 0 Å². The first-order valence-electron chi connectivity index (χ1n) is 8.40. The molecular formula is C20H18FNO3. The average Bonchev–Trinajstić information content (AvgIpc) is 3.40. The van der Waals surface area contributed by atoms with Crippen molar-refractivity contribution in [2.45, 2.75) is 31.3 Å². The number of aliphatic carboxylic acids is 1. The highest BCUT2D eigenvalue weighted by Gasteiger charge is 2.48. The molecule has 4 rings (SSSR count). The van der Waals surface area contributed by atoms with Crippen LogP contribution in [0, 0.1) is 11.7 Å². The molecule has 2 aromatic rings. The predicted octanol–water partition coefficient (Wildman–Crippen LogP) is 2.97. The summed E-state index contributed by atoms with van der Waals surface area (Å²) < 4.78 is 13.4. The molecule has 1 amide bonds. The summed E-state index contributed by atoms with van der Waals surface area (Å²) in [6, 6.07) is 13.1. The molecule has 25 heavy (non-hydrogen) atoms. The van der Waals surface area contributed by atoms with Crippen LogP contribution in [-0.4, -0.2) is 27.9 Å². The number of nitrogens with zero attached hydrogens (tertiary/aromatic N) is 1. The molecule has 4 nitrogen and oxygen atoms in total. The number of hydrogen-bond acceptors (Lipinski definition) is 2. The summed E-state index contributed by atoms with van der Waals surface area (Å²) in [7, 11) is 0. The van der Waals surface area contributed by atoms with Gasteiger partial charge in [-0.1, -0.05) is 36.4 Å². The van der Waals surface area contributed by atoms with Gasteiger partial charge in [0, 0.05) is 18.9 Å². The van der Waals surface area contributed by atoms with Crippen LogP contribution in [0.2, 0.25) is 0 Å². The molecule has 2 aromatic carbocycles. The Bertz CT molecular complexity index is 850. The first-order chi connectivity index (χ1) is 12.0. The second kappa shape index (κ2) is 5.99. The number of fused-ring (bicyclic) bond motifs is 1. The van der Waals surface area contributed by atoms with Crippen LogP contribution in [0.15, 0.2) is 48.5 Å². The minimum absolute atomic E-state index is 0.0187. The molecule has 0 radical (unpaired) electrons. The molecule has 128 valence electrons. The van der Waals surface area contributed by atoms with Crippen molar-refractivity contribution in [2.24, 2.45) is 5.92 Å². The SMILES string of the molecule is O=C(O)[C@@H]1Cc2ccccc2CN1C(=O)[C@@H]1C[C@@H]1c1cccc(F)c1. The lowest BCUT2D eigenvalue weighted by molar-refractivity contribution is -0.152. The maximum atomic E-state index is 13.4. The topological polar surface area (TPSA) is 57.6 Å². The summed E-state index contributed by atoms with van der Waals surface area (Å²) in [5.41, 5.74) is 2.79. The zero-order valence-corrected chi connectivity index (χ0v) is 13.6. The lowest BCUT2D eigenvalue weighted by Gasteiger charge is -2.34. The number of carboxylic acids is 1. The molecule has 5 heteroatoms. The van der Waals surface area contributed by atoms with E-state index in [1.54, 1.807) is 6.07 Å². The van der Waals surface area contributed by atoms with Crippen molar-refractivity contribution in [2.75, 3.05) is 0 Å². The van der Waals surface area contributed by atoms with Crippen LogP contribution in [0.5, 0.6) is 0 Å². The van der Waals surface area contributed by atoms with Gasteiger partial charge in [-0.05, 0) is 41.2 Å². The minimum atomic E-state index is -0.981. The predicted molar refractivity (Wildman–Crippen MR) is 89.4 cm³/mol. The van der Waals surface area contributed by atoms with Gasteiger partial charge in [0.1, 0.15) is 11.9 Å². The van der Waals surface area contributed by atoms with Crippen LogP contribution in [0.25, 0.3) is 0 Å². The first-order valence-corrected chi connectivity index (χ1v) is 8.40. The molecule has 0 aromatic heterocycles. The van der Waals surface area contributed by atoms with Gasteiger partial charge in [0.2, 0.25) is 5.91 Å². The van der Waals surface area contributed by atoms with E-state index in [0.717, 1.165) is 16.7 Å². The van der Waals surface area contributed by atoms with Gasteiger partial charge in [0.25, 0.3) is 0 Å². The van der Waals surface area contributed by atoms with E-state index in [1.807, 2.05) is 30.3 Å². The Morgan fingerprint density at radius 3 is 2.56 bits per heavy atom. The average molecular weight is 339 g/mol. The zero-order chi connectivity index (χ0) is 17.6. The van der Waals surface area contributed by atoms with Crippen molar-refractivity contribution >= 4 is 11.9 Å². The summed E-state index contributed by atoms with van der Waals surface area (Å²) in [4.78, 5) is 26.1. The molecule has 1 N–H and O–H groups in total. The lowest BCUT2D eigenvalue weighted by Crippen LogP contribution is -2.49. The molecule has 1 heterocycles. The van der Waals surface area contributed by atoms with Crippen LogP contribution in [0.3, 0.4) is 0 Å². The normalized spacial score (nSPS) is 24.5. The fourth-order valence-electron chi connectivity index (χ4n) is 3.76. The van der Waals surface area contributed by atoms with Crippen molar-refractivity contribution in [3.05, 3.63) is 71.0 Å². The van der Waals surface area contributed by atoms with Crippen LogP contribution in [0.1, 0.15) is 29.0 Å². The fraction of sp³-hybridized carbons (Fsp3) is 0.300. The Morgan fingerprint density at radius 1 is 1.08 bits per heavy atom. The molecule has 0 unspecified atom stereocenters.